The van der Waals surface area contributed by atoms with Crippen LogP contribution in [-0.2, 0) is 5.54 Å². The van der Waals surface area contributed by atoms with Crippen molar-refractivity contribution in [2.24, 2.45) is 11.7 Å². The van der Waals surface area contributed by atoms with E-state index in [0.717, 1.165) is 23.7 Å². The Hall–Kier alpha value is -1.02. The van der Waals surface area contributed by atoms with Crippen LogP contribution in [0.15, 0.2) is 24.3 Å². The lowest BCUT2D eigenvalue weighted by Crippen LogP contribution is -2.32. The molecule has 0 radical (unpaired) electrons. The molecule has 0 saturated heterocycles. The van der Waals surface area contributed by atoms with Crippen LogP contribution in [0.4, 0.5) is 0 Å². The summed E-state index contributed by atoms with van der Waals surface area (Å²) in [6.45, 7) is 6.60. The standard InChI is InChI=1S/C15H25NO/c1-12(2)7-6-10-15(3,16)13-8-5-9-14(11-13)17-4/h5,8-9,11-12H,6-7,10,16H2,1-4H3. The van der Waals surface area contributed by atoms with Crippen molar-refractivity contribution >= 4 is 0 Å². The maximum absolute atomic E-state index is 6.39. The molecular formula is C15H25NO. The summed E-state index contributed by atoms with van der Waals surface area (Å²) in [4.78, 5) is 0. The van der Waals surface area contributed by atoms with Gasteiger partial charge in [-0.1, -0.05) is 38.8 Å². The molecule has 0 spiro atoms. The summed E-state index contributed by atoms with van der Waals surface area (Å²) in [6.07, 6.45) is 3.41. The smallest absolute Gasteiger partial charge is 0.119 e. The first kappa shape index (κ1) is 14.0. The number of nitrogens with two attached hydrogens (primary N) is 1. The van der Waals surface area contributed by atoms with E-state index < -0.39 is 0 Å². The minimum Gasteiger partial charge on any atom is -0.497 e. The van der Waals surface area contributed by atoms with Crippen molar-refractivity contribution < 1.29 is 4.74 Å². The Morgan fingerprint density at radius 3 is 2.65 bits per heavy atom. The van der Waals surface area contributed by atoms with Crippen molar-refractivity contribution in [3.05, 3.63) is 29.8 Å². The first-order valence-electron chi connectivity index (χ1n) is 6.39. The third-order valence-electron chi connectivity index (χ3n) is 3.21. The van der Waals surface area contributed by atoms with Crippen molar-refractivity contribution in [3.63, 3.8) is 0 Å². The molecule has 0 heterocycles. The largest absolute Gasteiger partial charge is 0.497 e. The second-order valence-corrected chi connectivity index (χ2v) is 5.44. The Morgan fingerprint density at radius 2 is 2.06 bits per heavy atom. The first-order valence-corrected chi connectivity index (χ1v) is 6.39. The van der Waals surface area contributed by atoms with E-state index in [2.05, 4.69) is 26.8 Å². The Bertz CT molecular complexity index is 345. The van der Waals surface area contributed by atoms with E-state index in [-0.39, 0.29) is 5.54 Å². The van der Waals surface area contributed by atoms with Crippen molar-refractivity contribution in [1.29, 1.82) is 0 Å². The predicted octanol–water partition coefficient (Wildman–Crippen LogP) is 3.70. The summed E-state index contributed by atoms with van der Waals surface area (Å²) in [5.74, 6) is 1.62. The number of benzene rings is 1. The van der Waals surface area contributed by atoms with Crippen LogP contribution < -0.4 is 10.5 Å². The maximum Gasteiger partial charge on any atom is 0.119 e. The lowest BCUT2D eigenvalue weighted by atomic mass is 9.87. The van der Waals surface area contributed by atoms with E-state index in [1.54, 1.807) is 7.11 Å². The Morgan fingerprint density at radius 1 is 1.35 bits per heavy atom. The molecule has 0 aliphatic heterocycles. The van der Waals surface area contributed by atoms with Crippen LogP contribution in [0.3, 0.4) is 0 Å². The van der Waals surface area contributed by atoms with Gasteiger partial charge in [0.25, 0.3) is 0 Å². The van der Waals surface area contributed by atoms with Crippen molar-refractivity contribution in [3.8, 4) is 5.75 Å². The van der Waals surface area contributed by atoms with Crippen LogP contribution in [0.5, 0.6) is 5.75 Å². The lowest BCUT2D eigenvalue weighted by Gasteiger charge is -2.26. The third kappa shape index (κ3) is 4.39. The fraction of sp³-hybridized carbons (Fsp3) is 0.600. The first-order chi connectivity index (χ1) is 7.95. The predicted molar refractivity (Wildman–Crippen MR) is 73.2 cm³/mol. The second-order valence-electron chi connectivity index (χ2n) is 5.44. The summed E-state index contributed by atoms with van der Waals surface area (Å²) in [5, 5.41) is 0. The van der Waals surface area contributed by atoms with E-state index in [1.807, 2.05) is 18.2 Å². The molecule has 1 rings (SSSR count). The van der Waals surface area contributed by atoms with Crippen LogP contribution >= 0.6 is 0 Å². The monoisotopic (exact) mass is 235 g/mol. The van der Waals surface area contributed by atoms with Crippen LogP contribution in [-0.4, -0.2) is 7.11 Å². The van der Waals surface area contributed by atoms with Gasteiger partial charge >= 0.3 is 0 Å². The highest BCUT2D eigenvalue weighted by Gasteiger charge is 2.21. The van der Waals surface area contributed by atoms with Crippen molar-refractivity contribution in [2.45, 2.75) is 45.6 Å². The zero-order valence-electron chi connectivity index (χ0n) is 11.5. The topological polar surface area (TPSA) is 35.2 Å². The SMILES string of the molecule is COc1cccc(C(C)(N)CCCC(C)C)c1. The Labute approximate surface area is 105 Å². The molecule has 2 heteroatoms. The van der Waals surface area contributed by atoms with Gasteiger partial charge in [0.2, 0.25) is 0 Å². The summed E-state index contributed by atoms with van der Waals surface area (Å²) < 4.78 is 5.24. The van der Waals surface area contributed by atoms with Crippen LogP contribution in [0, 0.1) is 5.92 Å². The molecule has 2 N–H and O–H groups in total. The van der Waals surface area contributed by atoms with E-state index in [0.29, 0.717) is 0 Å². The average molecular weight is 235 g/mol. The molecule has 0 aliphatic carbocycles. The van der Waals surface area contributed by atoms with Crippen molar-refractivity contribution in [1.82, 2.24) is 0 Å². The molecule has 0 bridgehead atoms. The second kappa shape index (κ2) is 6.06. The van der Waals surface area contributed by atoms with Gasteiger partial charge in [-0.3, -0.25) is 0 Å². The third-order valence-corrected chi connectivity index (χ3v) is 3.21. The van der Waals surface area contributed by atoms with Gasteiger partial charge in [-0.15, -0.1) is 0 Å². The summed E-state index contributed by atoms with van der Waals surface area (Å²) in [6, 6.07) is 8.07. The summed E-state index contributed by atoms with van der Waals surface area (Å²) >= 11 is 0. The van der Waals surface area contributed by atoms with E-state index in [9.17, 15) is 0 Å². The molecule has 17 heavy (non-hydrogen) atoms. The van der Waals surface area contributed by atoms with Crippen LogP contribution in [0.25, 0.3) is 0 Å². The number of methoxy groups -OCH3 is 1. The number of hydrogen-bond acceptors (Lipinski definition) is 2. The fourth-order valence-electron chi connectivity index (χ4n) is 2.00. The number of rotatable bonds is 6. The Balaban J connectivity index is 2.67. The molecule has 1 aromatic carbocycles. The molecule has 1 aromatic rings. The van der Waals surface area contributed by atoms with E-state index in [1.165, 1.54) is 12.8 Å². The van der Waals surface area contributed by atoms with Gasteiger partial charge in [-0.2, -0.15) is 0 Å². The zero-order chi connectivity index (χ0) is 12.9. The summed E-state index contributed by atoms with van der Waals surface area (Å²) in [7, 11) is 1.69. The van der Waals surface area contributed by atoms with Gasteiger partial charge in [0.1, 0.15) is 5.75 Å². The van der Waals surface area contributed by atoms with Crippen molar-refractivity contribution in [2.75, 3.05) is 7.11 Å². The van der Waals surface area contributed by atoms with Crippen LogP contribution in [0.1, 0.15) is 45.6 Å². The highest BCUT2D eigenvalue weighted by molar-refractivity contribution is 5.32. The highest BCUT2D eigenvalue weighted by atomic mass is 16.5. The minimum atomic E-state index is -0.260. The molecule has 96 valence electrons. The molecule has 2 nitrogen and oxygen atoms in total. The molecule has 0 aliphatic rings. The molecule has 0 saturated carbocycles. The normalized spacial score (nSPS) is 14.7. The van der Waals surface area contributed by atoms with Gasteiger partial charge in [-0.05, 0) is 37.0 Å². The average Bonchev–Trinajstić information content (AvgIpc) is 2.28. The van der Waals surface area contributed by atoms with Gasteiger partial charge in [0.15, 0.2) is 0 Å². The molecule has 1 atom stereocenters. The van der Waals surface area contributed by atoms with E-state index >= 15 is 0 Å². The fourth-order valence-corrected chi connectivity index (χ4v) is 2.00. The Kier molecular flexibility index (Phi) is 5.01. The maximum atomic E-state index is 6.39. The van der Waals surface area contributed by atoms with Gasteiger partial charge in [0, 0.05) is 5.54 Å². The molecular weight excluding hydrogens is 210 g/mol. The summed E-state index contributed by atoms with van der Waals surface area (Å²) in [5.41, 5.74) is 7.29. The molecule has 0 fully saturated rings. The molecule has 0 aromatic heterocycles. The number of hydrogen-bond donors (Lipinski definition) is 1. The van der Waals surface area contributed by atoms with Gasteiger partial charge in [-0.25, -0.2) is 0 Å². The molecule has 0 amide bonds. The highest BCUT2D eigenvalue weighted by Crippen LogP contribution is 2.27. The quantitative estimate of drug-likeness (QED) is 0.816. The van der Waals surface area contributed by atoms with Crippen LogP contribution in [0.2, 0.25) is 0 Å². The zero-order valence-corrected chi connectivity index (χ0v) is 11.5. The number of ether oxygens (including phenoxy) is 1. The van der Waals surface area contributed by atoms with Gasteiger partial charge < -0.3 is 10.5 Å². The lowest BCUT2D eigenvalue weighted by molar-refractivity contribution is 0.395. The molecule has 1 unspecified atom stereocenters. The van der Waals surface area contributed by atoms with E-state index in [4.69, 9.17) is 10.5 Å². The minimum absolute atomic E-state index is 0.260. The van der Waals surface area contributed by atoms with Gasteiger partial charge in [0.05, 0.1) is 7.11 Å².